The maximum Gasteiger partial charge on any atom is 0.219 e. The number of aliphatic hydroxyl groups is 1. The molecule has 0 aliphatic carbocycles. The van der Waals surface area contributed by atoms with Crippen molar-refractivity contribution in [3.8, 4) is 11.6 Å². The molecule has 0 bridgehead atoms. The second-order valence-corrected chi connectivity index (χ2v) is 3.79. The highest BCUT2D eigenvalue weighted by molar-refractivity contribution is 5.31. The number of aryl methyl sites for hydroxylation is 1. The molecule has 0 saturated heterocycles. The van der Waals surface area contributed by atoms with Gasteiger partial charge in [-0.25, -0.2) is 13.8 Å². The van der Waals surface area contributed by atoms with Gasteiger partial charge in [-0.05, 0) is 30.7 Å². The molecule has 0 aliphatic heterocycles. The number of benzene rings is 1. The summed E-state index contributed by atoms with van der Waals surface area (Å²) in [5.74, 6) is -1.54. The van der Waals surface area contributed by atoms with Crippen molar-refractivity contribution in [3.05, 3.63) is 53.2 Å². The molecule has 0 radical (unpaired) electrons. The standard InChI is InChI=1S/C13H11F2NO2/c1-8-4-9(7-17)5-13(16-8)18-10-2-3-11(14)12(15)6-10/h2-6,17H,7H2,1H3. The van der Waals surface area contributed by atoms with Gasteiger partial charge in [-0.15, -0.1) is 0 Å². The minimum absolute atomic E-state index is 0.141. The van der Waals surface area contributed by atoms with Crippen LogP contribution in [0.5, 0.6) is 11.6 Å². The smallest absolute Gasteiger partial charge is 0.219 e. The largest absolute Gasteiger partial charge is 0.439 e. The lowest BCUT2D eigenvalue weighted by Crippen LogP contribution is -1.94. The summed E-state index contributed by atoms with van der Waals surface area (Å²) in [5.41, 5.74) is 1.30. The zero-order valence-corrected chi connectivity index (χ0v) is 9.65. The molecule has 1 heterocycles. The van der Waals surface area contributed by atoms with E-state index in [4.69, 9.17) is 9.84 Å². The number of aromatic nitrogens is 1. The summed E-state index contributed by atoms with van der Waals surface area (Å²) in [7, 11) is 0. The maximum atomic E-state index is 13.0. The van der Waals surface area contributed by atoms with Crippen LogP contribution in [0.1, 0.15) is 11.3 Å². The van der Waals surface area contributed by atoms with Crippen LogP contribution in [-0.4, -0.2) is 10.1 Å². The summed E-state index contributed by atoms with van der Waals surface area (Å²) in [5, 5.41) is 9.04. The first-order chi connectivity index (χ1) is 8.58. The highest BCUT2D eigenvalue weighted by Gasteiger charge is 2.06. The Morgan fingerprint density at radius 1 is 1.17 bits per heavy atom. The monoisotopic (exact) mass is 251 g/mol. The maximum absolute atomic E-state index is 13.0. The Bertz CT molecular complexity index is 573. The van der Waals surface area contributed by atoms with E-state index in [1.165, 1.54) is 12.1 Å². The molecule has 1 aromatic carbocycles. The first-order valence-electron chi connectivity index (χ1n) is 5.30. The lowest BCUT2D eigenvalue weighted by Gasteiger charge is -2.07. The van der Waals surface area contributed by atoms with Crippen LogP contribution in [0.2, 0.25) is 0 Å². The summed E-state index contributed by atoms with van der Waals surface area (Å²) >= 11 is 0. The fourth-order valence-corrected chi connectivity index (χ4v) is 1.51. The average Bonchev–Trinajstić information content (AvgIpc) is 2.33. The van der Waals surface area contributed by atoms with Gasteiger partial charge in [0.2, 0.25) is 5.88 Å². The summed E-state index contributed by atoms with van der Waals surface area (Å²) < 4.78 is 31.0. The molecule has 2 aromatic rings. The topological polar surface area (TPSA) is 42.4 Å². The van der Waals surface area contributed by atoms with E-state index >= 15 is 0 Å². The fraction of sp³-hybridized carbons (Fsp3) is 0.154. The van der Waals surface area contributed by atoms with Crippen LogP contribution in [0, 0.1) is 18.6 Å². The van der Waals surface area contributed by atoms with E-state index in [9.17, 15) is 8.78 Å². The van der Waals surface area contributed by atoms with Gasteiger partial charge >= 0.3 is 0 Å². The number of hydrogen-bond donors (Lipinski definition) is 1. The highest BCUT2D eigenvalue weighted by atomic mass is 19.2. The molecule has 0 amide bonds. The number of ether oxygens (including phenoxy) is 1. The molecule has 2 rings (SSSR count). The highest BCUT2D eigenvalue weighted by Crippen LogP contribution is 2.22. The molecular formula is C13H11F2NO2. The van der Waals surface area contributed by atoms with Gasteiger partial charge in [-0.3, -0.25) is 0 Å². The van der Waals surface area contributed by atoms with E-state index in [1.807, 2.05) is 0 Å². The Hall–Kier alpha value is -2.01. The van der Waals surface area contributed by atoms with Gasteiger partial charge in [-0.2, -0.15) is 0 Å². The molecule has 18 heavy (non-hydrogen) atoms. The van der Waals surface area contributed by atoms with Crippen LogP contribution in [0.3, 0.4) is 0 Å². The van der Waals surface area contributed by atoms with Gasteiger partial charge in [0.1, 0.15) is 5.75 Å². The quantitative estimate of drug-likeness (QED) is 0.911. The Morgan fingerprint density at radius 2 is 1.94 bits per heavy atom. The summed E-state index contributed by atoms with van der Waals surface area (Å²) in [6.07, 6.45) is 0. The molecule has 0 atom stereocenters. The third-order valence-corrected chi connectivity index (χ3v) is 2.29. The lowest BCUT2D eigenvalue weighted by molar-refractivity contribution is 0.281. The Labute approximate surface area is 103 Å². The van der Waals surface area contributed by atoms with E-state index in [0.29, 0.717) is 11.3 Å². The lowest BCUT2D eigenvalue weighted by atomic mass is 10.2. The Balaban J connectivity index is 2.27. The van der Waals surface area contributed by atoms with E-state index in [1.54, 1.807) is 13.0 Å². The van der Waals surface area contributed by atoms with Crippen LogP contribution in [0.25, 0.3) is 0 Å². The SMILES string of the molecule is Cc1cc(CO)cc(Oc2ccc(F)c(F)c2)n1. The third kappa shape index (κ3) is 2.81. The van der Waals surface area contributed by atoms with Crippen LogP contribution >= 0.6 is 0 Å². The van der Waals surface area contributed by atoms with Crippen molar-refractivity contribution in [1.82, 2.24) is 4.98 Å². The number of halogens is 2. The third-order valence-electron chi connectivity index (χ3n) is 2.29. The molecule has 1 N–H and O–H groups in total. The molecule has 3 nitrogen and oxygen atoms in total. The molecule has 0 aliphatic rings. The first kappa shape index (κ1) is 12.4. The Kier molecular flexibility index (Phi) is 3.53. The Morgan fingerprint density at radius 3 is 2.61 bits per heavy atom. The van der Waals surface area contributed by atoms with Crippen molar-refractivity contribution in [2.45, 2.75) is 13.5 Å². The van der Waals surface area contributed by atoms with Crippen LogP contribution in [-0.2, 0) is 6.61 Å². The van der Waals surface area contributed by atoms with E-state index in [0.717, 1.165) is 12.1 Å². The van der Waals surface area contributed by atoms with Gasteiger partial charge in [0.25, 0.3) is 0 Å². The van der Waals surface area contributed by atoms with Gasteiger partial charge in [-0.1, -0.05) is 0 Å². The van der Waals surface area contributed by atoms with Gasteiger partial charge < -0.3 is 9.84 Å². The number of aliphatic hydroxyl groups excluding tert-OH is 1. The van der Waals surface area contributed by atoms with Gasteiger partial charge in [0.15, 0.2) is 11.6 Å². The summed E-state index contributed by atoms with van der Waals surface area (Å²) in [4.78, 5) is 4.08. The van der Waals surface area contributed by atoms with Crippen LogP contribution < -0.4 is 4.74 Å². The normalized spacial score (nSPS) is 10.4. The first-order valence-corrected chi connectivity index (χ1v) is 5.30. The summed E-state index contributed by atoms with van der Waals surface area (Å²) in [6, 6.07) is 6.47. The second kappa shape index (κ2) is 5.10. The predicted octanol–water partition coefficient (Wildman–Crippen LogP) is 2.95. The molecule has 0 fully saturated rings. The molecular weight excluding hydrogens is 240 g/mol. The molecule has 5 heteroatoms. The fourth-order valence-electron chi connectivity index (χ4n) is 1.51. The van der Waals surface area contributed by atoms with Crippen molar-refractivity contribution < 1.29 is 18.6 Å². The molecule has 0 unspecified atom stereocenters. The van der Waals surface area contributed by atoms with E-state index in [-0.39, 0.29) is 18.2 Å². The van der Waals surface area contributed by atoms with Gasteiger partial charge in [0, 0.05) is 17.8 Å². The summed E-state index contributed by atoms with van der Waals surface area (Å²) in [6.45, 7) is 1.61. The number of hydrogen-bond acceptors (Lipinski definition) is 3. The van der Waals surface area contributed by atoms with Crippen LogP contribution in [0.15, 0.2) is 30.3 Å². The minimum atomic E-state index is -0.984. The second-order valence-electron chi connectivity index (χ2n) is 3.79. The molecule has 1 aromatic heterocycles. The molecule has 0 spiro atoms. The number of nitrogens with zero attached hydrogens (tertiary/aromatic N) is 1. The zero-order chi connectivity index (χ0) is 13.1. The van der Waals surface area contributed by atoms with Crippen molar-refractivity contribution in [1.29, 1.82) is 0 Å². The average molecular weight is 251 g/mol. The van der Waals surface area contributed by atoms with E-state index in [2.05, 4.69) is 4.98 Å². The number of pyridine rings is 1. The van der Waals surface area contributed by atoms with Crippen molar-refractivity contribution >= 4 is 0 Å². The number of rotatable bonds is 3. The van der Waals surface area contributed by atoms with Crippen molar-refractivity contribution in [2.24, 2.45) is 0 Å². The van der Waals surface area contributed by atoms with Gasteiger partial charge in [0.05, 0.1) is 6.61 Å². The van der Waals surface area contributed by atoms with Crippen molar-refractivity contribution in [3.63, 3.8) is 0 Å². The predicted molar refractivity (Wildman–Crippen MR) is 61.3 cm³/mol. The van der Waals surface area contributed by atoms with Crippen LogP contribution in [0.4, 0.5) is 8.78 Å². The molecule has 0 saturated carbocycles. The molecule has 94 valence electrons. The van der Waals surface area contributed by atoms with E-state index < -0.39 is 11.6 Å². The minimum Gasteiger partial charge on any atom is -0.439 e. The zero-order valence-electron chi connectivity index (χ0n) is 9.65. The van der Waals surface area contributed by atoms with Crippen molar-refractivity contribution in [2.75, 3.05) is 0 Å².